The van der Waals surface area contributed by atoms with E-state index in [1.807, 2.05) is 30.6 Å². The Bertz CT molecular complexity index is 625. The fourth-order valence-electron chi connectivity index (χ4n) is 1.90. The first-order valence-electron chi connectivity index (χ1n) is 6.13. The van der Waals surface area contributed by atoms with Gasteiger partial charge >= 0.3 is 0 Å². The number of aryl methyl sites for hydroxylation is 1. The number of benzene rings is 1. The molecule has 0 atom stereocenters. The summed E-state index contributed by atoms with van der Waals surface area (Å²) in [5, 5.41) is 0.697. The molecular weight excluding hydrogens is 310 g/mol. The highest BCUT2D eigenvalue weighted by Gasteiger charge is 2.09. The van der Waals surface area contributed by atoms with Gasteiger partial charge in [-0.1, -0.05) is 36.0 Å². The summed E-state index contributed by atoms with van der Waals surface area (Å²) in [5.41, 5.74) is 10.4. The largest absolute Gasteiger partial charge is 0.389 e. The van der Waals surface area contributed by atoms with Gasteiger partial charge in [0.2, 0.25) is 0 Å². The van der Waals surface area contributed by atoms with E-state index in [-0.39, 0.29) is 0 Å². The highest BCUT2D eigenvalue weighted by Crippen LogP contribution is 2.21. The summed E-state index contributed by atoms with van der Waals surface area (Å²) in [6.45, 7) is 3.67. The van der Waals surface area contributed by atoms with Crippen LogP contribution in [-0.4, -0.2) is 21.9 Å². The van der Waals surface area contributed by atoms with Crippen LogP contribution in [0.2, 0.25) is 5.02 Å². The molecular formula is C14H16ClN3S2. The van der Waals surface area contributed by atoms with Crippen LogP contribution in [0.5, 0.6) is 0 Å². The molecule has 0 aliphatic heterocycles. The Kier molecular flexibility index (Phi) is 5.10. The molecule has 3 nitrogen and oxygen atoms in total. The Morgan fingerprint density at radius 2 is 2.20 bits per heavy atom. The van der Waals surface area contributed by atoms with Gasteiger partial charge in [0.15, 0.2) is 0 Å². The Morgan fingerprint density at radius 3 is 2.75 bits per heavy atom. The molecule has 2 N–H and O–H groups in total. The number of thiocarbonyl (C=S) groups is 1. The maximum Gasteiger partial charge on any atom is 0.104 e. The van der Waals surface area contributed by atoms with Gasteiger partial charge in [-0.05, 0) is 25.6 Å². The summed E-state index contributed by atoms with van der Waals surface area (Å²) in [6.07, 6.45) is 0. The number of hydrogen-bond acceptors (Lipinski definition) is 4. The van der Waals surface area contributed by atoms with E-state index in [1.54, 1.807) is 11.3 Å². The topological polar surface area (TPSA) is 42.2 Å². The predicted octanol–water partition coefficient (Wildman–Crippen LogP) is 3.37. The van der Waals surface area contributed by atoms with Crippen LogP contribution in [0.1, 0.15) is 21.7 Å². The highest BCUT2D eigenvalue weighted by molar-refractivity contribution is 7.80. The van der Waals surface area contributed by atoms with Crippen LogP contribution >= 0.6 is 35.2 Å². The third-order valence-electron chi connectivity index (χ3n) is 3.04. The number of aromatic nitrogens is 1. The van der Waals surface area contributed by atoms with Crippen molar-refractivity contribution in [3.8, 4) is 0 Å². The van der Waals surface area contributed by atoms with Crippen LogP contribution in [0.3, 0.4) is 0 Å². The maximum absolute atomic E-state index is 6.28. The summed E-state index contributed by atoms with van der Waals surface area (Å²) in [5.74, 6) is 0. The van der Waals surface area contributed by atoms with Gasteiger partial charge < -0.3 is 5.73 Å². The lowest BCUT2D eigenvalue weighted by Crippen LogP contribution is -2.17. The molecule has 0 fully saturated rings. The lowest BCUT2D eigenvalue weighted by atomic mass is 10.1. The molecule has 0 amide bonds. The molecule has 0 bridgehead atoms. The molecule has 0 unspecified atom stereocenters. The maximum atomic E-state index is 6.28. The van der Waals surface area contributed by atoms with Gasteiger partial charge in [-0.15, -0.1) is 11.3 Å². The Balaban J connectivity index is 2.06. The second kappa shape index (κ2) is 6.63. The van der Waals surface area contributed by atoms with Crippen molar-refractivity contribution < 1.29 is 0 Å². The van der Waals surface area contributed by atoms with E-state index in [9.17, 15) is 0 Å². The molecule has 1 heterocycles. The Morgan fingerprint density at radius 1 is 1.45 bits per heavy atom. The van der Waals surface area contributed by atoms with Crippen molar-refractivity contribution in [2.24, 2.45) is 5.73 Å². The minimum absolute atomic E-state index is 0.368. The lowest BCUT2D eigenvalue weighted by Gasteiger charge is -2.17. The van der Waals surface area contributed by atoms with Crippen LogP contribution in [-0.2, 0) is 13.1 Å². The molecule has 0 radical (unpaired) electrons. The average Bonchev–Trinajstić information content (AvgIpc) is 2.77. The molecule has 0 spiro atoms. The number of nitrogens with zero attached hydrogens (tertiary/aromatic N) is 2. The van der Waals surface area contributed by atoms with Crippen molar-refractivity contribution in [1.82, 2.24) is 9.88 Å². The van der Waals surface area contributed by atoms with Gasteiger partial charge in [-0.25, -0.2) is 4.98 Å². The molecule has 20 heavy (non-hydrogen) atoms. The zero-order chi connectivity index (χ0) is 14.7. The molecule has 1 aromatic carbocycles. The van der Waals surface area contributed by atoms with Gasteiger partial charge in [-0.2, -0.15) is 0 Å². The van der Waals surface area contributed by atoms with Crippen molar-refractivity contribution in [3.63, 3.8) is 0 Å². The summed E-state index contributed by atoms with van der Waals surface area (Å²) in [4.78, 5) is 8.12. The first kappa shape index (κ1) is 15.4. The third kappa shape index (κ3) is 3.76. The summed E-state index contributed by atoms with van der Waals surface area (Å²) < 4.78 is 0. The number of rotatable bonds is 5. The minimum atomic E-state index is 0.368. The van der Waals surface area contributed by atoms with Gasteiger partial charge in [-0.3, -0.25) is 4.90 Å². The van der Waals surface area contributed by atoms with Crippen LogP contribution in [0.15, 0.2) is 23.7 Å². The van der Waals surface area contributed by atoms with E-state index in [2.05, 4.69) is 16.9 Å². The van der Waals surface area contributed by atoms with Crippen LogP contribution < -0.4 is 5.73 Å². The van der Waals surface area contributed by atoms with E-state index in [4.69, 9.17) is 29.6 Å². The fraction of sp³-hybridized carbons (Fsp3) is 0.286. The number of nitrogens with two attached hydrogens (primary N) is 1. The van der Waals surface area contributed by atoms with Gasteiger partial charge in [0.1, 0.15) is 4.99 Å². The normalized spacial score (nSPS) is 11.0. The van der Waals surface area contributed by atoms with Crippen LogP contribution in [0.25, 0.3) is 0 Å². The summed E-state index contributed by atoms with van der Waals surface area (Å²) >= 11 is 12.9. The highest BCUT2D eigenvalue weighted by atomic mass is 35.5. The van der Waals surface area contributed by atoms with Crippen molar-refractivity contribution in [2.45, 2.75) is 20.0 Å². The lowest BCUT2D eigenvalue weighted by molar-refractivity contribution is 0.321. The quantitative estimate of drug-likeness (QED) is 0.856. The first-order valence-corrected chi connectivity index (χ1v) is 7.79. The molecule has 2 rings (SSSR count). The zero-order valence-corrected chi connectivity index (χ0v) is 13.8. The molecule has 0 aliphatic carbocycles. The van der Waals surface area contributed by atoms with Crippen LogP contribution in [0.4, 0.5) is 0 Å². The molecule has 0 saturated heterocycles. The van der Waals surface area contributed by atoms with Crippen molar-refractivity contribution in [3.05, 3.63) is 50.4 Å². The van der Waals surface area contributed by atoms with Gasteiger partial charge in [0.25, 0.3) is 0 Å². The molecule has 6 heteroatoms. The minimum Gasteiger partial charge on any atom is -0.389 e. The van der Waals surface area contributed by atoms with Crippen LogP contribution in [0, 0.1) is 6.92 Å². The average molecular weight is 326 g/mol. The Hall–Kier alpha value is -1.01. The van der Waals surface area contributed by atoms with Crippen molar-refractivity contribution in [1.29, 1.82) is 0 Å². The molecule has 2 aromatic rings. The van der Waals surface area contributed by atoms with E-state index < -0.39 is 0 Å². The van der Waals surface area contributed by atoms with E-state index in [1.165, 1.54) is 4.88 Å². The monoisotopic (exact) mass is 325 g/mol. The third-order valence-corrected chi connectivity index (χ3v) is 4.54. The fourth-order valence-corrected chi connectivity index (χ4v) is 3.12. The van der Waals surface area contributed by atoms with Gasteiger partial charge in [0.05, 0.1) is 11.2 Å². The summed E-state index contributed by atoms with van der Waals surface area (Å²) in [7, 11) is 2.07. The van der Waals surface area contributed by atoms with E-state index >= 15 is 0 Å². The van der Waals surface area contributed by atoms with Crippen molar-refractivity contribution >= 4 is 40.1 Å². The molecule has 0 aliphatic rings. The second-order valence-electron chi connectivity index (χ2n) is 4.70. The van der Waals surface area contributed by atoms with Crippen molar-refractivity contribution in [2.75, 3.05) is 7.05 Å². The number of thiazole rings is 1. The second-order valence-corrected chi connectivity index (χ2v) is 6.49. The molecule has 1 aromatic heterocycles. The number of halogens is 1. The smallest absolute Gasteiger partial charge is 0.104 e. The molecule has 106 valence electrons. The standard InChI is InChI=1S/C14H16ClN3S2/c1-9-13(20-8-17-9)7-18(2)6-11-4-3-10(14(16)19)5-12(11)15/h3-5,8H,6-7H2,1-2H3,(H2,16,19). The predicted molar refractivity (Wildman–Crippen MR) is 89.4 cm³/mol. The SMILES string of the molecule is Cc1ncsc1CN(C)Cc1ccc(C(N)=S)cc1Cl. The zero-order valence-electron chi connectivity index (χ0n) is 11.4. The van der Waals surface area contributed by atoms with Gasteiger partial charge in [0, 0.05) is 28.6 Å². The molecule has 0 saturated carbocycles. The van der Waals surface area contributed by atoms with E-state index in [0.29, 0.717) is 10.0 Å². The number of hydrogen-bond donors (Lipinski definition) is 1. The summed E-state index contributed by atoms with van der Waals surface area (Å²) in [6, 6.07) is 5.72. The van der Waals surface area contributed by atoms with E-state index in [0.717, 1.165) is 29.9 Å². The Labute approximate surface area is 133 Å². The first-order chi connectivity index (χ1) is 9.47.